The van der Waals surface area contributed by atoms with Gasteiger partial charge in [0.1, 0.15) is 17.7 Å². The molecule has 0 spiro atoms. The van der Waals surface area contributed by atoms with Gasteiger partial charge in [-0.05, 0) is 59.2 Å². The van der Waals surface area contributed by atoms with Gasteiger partial charge in [0, 0.05) is 5.92 Å². The lowest BCUT2D eigenvalue weighted by Crippen LogP contribution is -2.35. The largest absolute Gasteiger partial charge is 0.492 e. The van der Waals surface area contributed by atoms with E-state index < -0.39 is 16.1 Å². The number of nitrogens with one attached hydrogen (secondary N) is 3. The van der Waals surface area contributed by atoms with Gasteiger partial charge in [0.25, 0.3) is 0 Å². The quantitative estimate of drug-likeness (QED) is 0.210. The van der Waals surface area contributed by atoms with Gasteiger partial charge in [0.05, 0.1) is 37.0 Å². The predicted octanol–water partition coefficient (Wildman–Crippen LogP) is 6.31. The third-order valence-electron chi connectivity index (χ3n) is 7.64. The molecule has 12 heteroatoms. The Labute approximate surface area is 258 Å². The number of sulfonamides is 1. The van der Waals surface area contributed by atoms with E-state index in [0.717, 1.165) is 34.4 Å². The van der Waals surface area contributed by atoms with Crippen LogP contribution in [0.5, 0.6) is 11.5 Å². The molecule has 234 valence electrons. The van der Waals surface area contributed by atoms with E-state index in [-0.39, 0.29) is 34.9 Å². The van der Waals surface area contributed by atoms with Crippen molar-refractivity contribution in [1.29, 1.82) is 0 Å². The first kappa shape index (κ1) is 31.1. The summed E-state index contributed by atoms with van der Waals surface area (Å²) < 4.78 is 40.7. The van der Waals surface area contributed by atoms with Crippen LogP contribution in [-0.4, -0.2) is 42.4 Å². The molecule has 1 aliphatic rings. The van der Waals surface area contributed by atoms with E-state index >= 15 is 0 Å². The lowest BCUT2D eigenvalue weighted by molar-refractivity contribution is 0.171. The van der Waals surface area contributed by atoms with Crippen LogP contribution in [0.3, 0.4) is 0 Å². The minimum absolute atomic E-state index is 0.197. The van der Waals surface area contributed by atoms with Crippen LogP contribution in [0.2, 0.25) is 0 Å². The number of pyridine rings is 1. The van der Waals surface area contributed by atoms with Crippen molar-refractivity contribution in [3.8, 4) is 11.5 Å². The molecular formula is C32H40N6O5S. The summed E-state index contributed by atoms with van der Waals surface area (Å²) in [6.07, 6.45) is 4.14. The van der Waals surface area contributed by atoms with Gasteiger partial charge in [-0.2, -0.15) is 0 Å². The zero-order valence-corrected chi connectivity index (χ0v) is 27.0. The molecular weight excluding hydrogens is 580 g/mol. The molecule has 5 rings (SSSR count). The van der Waals surface area contributed by atoms with Gasteiger partial charge >= 0.3 is 6.03 Å². The molecule has 11 nitrogen and oxygen atoms in total. The highest BCUT2D eigenvalue weighted by Crippen LogP contribution is 2.41. The number of urea groups is 1. The summed E-state index contributed by atoms with van der Waals surface area (Å²) >= 11 is 0. The molecule has 4 aromatic rings. The predicted molar refractivity (Wildman–Crippen MR) is 171 cm³/mol. The molecule has 44 heavy (non-hydrogen) atoms. The normalized spacial score (nSPS) is 16.8. The highest BCUT2D eigenvalue weighted by Gasteiger charge is 2.30. The van der Waals surface area contributed by atoms with Gasteiger partial charge in [-0.25, -0.2) is 13.2 Å². The highest BCUT2D eigenvalue weighted by atomic mass is 32.2. The lowest BCUT2D eigenvalue weighted by atomic mass is 9.85. The van der Waals surface area contributed by atoms with E-state index in [1.807, 2.05) is 73.8 Å². The number of ether oxygens (including phenoxy) is 2. The number of rotatable bonds is 8. The number of fused-ring (bicyclic) bond motifs is 2. The van der Waals surface area contributed by atoms with Crippen LogP contribution in [-0.2, 0) is 15.4 Å². The van der Waals surface area contributed by atoms with E-state index in [9.17, 15) is 13.2 Å². The van der Waals surface area contributed by atoms with Gasteiger partial charge in [-0.3, -0.25) is 9.12 Å². The zero-order valence-electron chi connectivity index (χ0n) is 26.1. The van der Waals surface area contributed by atoms with Crippen LogP contribution >= 0.6 is 0 Å². The van der Waals surface area contributed by atoms with Gasteiger partial charge in [-0.1, -0.05) is 58.9 Å². The highest BCUT2D eigenvalue weighted by molar-refractivity contribution is 7.92. The third kappa shape index (κ3) is 6.75. The molecule has 0 bridgehead atoms. The second kappa shape index (κ2) is 12.0. The van der Waals surface area contributed by atoms with Crippen molar-refractivity contribution < 1.29 is 22.7 Å². The molecule has 0 fully saturated rings. The standard InChI is InChI=1S/C32H40N6O5S/c1-19(2)30-36-35-28-15-12-21(18-38(28)30)43-27-14-13-24(22-10-8-9-11-23(22)27)33-31(39)34-25-16-20(32(3,4)5)17-26(29(25)42-6)37-44(7,40)41/h8-12,15-19,24,27,37H,13-14H2,1-7H3,(H2,33,34,39). The van der Waals surface area contributed by atoms with Crippen molar-refractivity contribution in [3.05, 3.63) is 77.2 Å². The maximum atomic E-state index is 13.4. The number of methoxy groups -OCH3 is 1. The monoisotopic (exact) mass is 620 g/mol. The van der Waals surface area contributed by atoms with Crippen molar-refractivity contribution in [3.63, 3.8) is 0 Å². The van der Waals surface area contributed by atoms with Crippen LogP contribution in [0, 0.1) is 0 Å². The fourth-order valence-corrected chi connectivity index (χ4v) is 6.06. The first-order valence-electron chi connectivity index (χ1n) is 14.6. The van der Waals surface area contributed by atoms with E-state index in [1.54, 1.807) is 6.07 Å². The molecule has 1 aliphatic carbocycles. The fraction of sp³-hybridized carbons (Fsp3) is 0.406. The van der Waals surface area contributed by atoms with Crippen LogP contribution in [0.15, 0.2) is 54.7 Å². The molecule has 2 aromatic heterocycles. The topological polar surface area (TPSA) is 136 Å². The summed E-state index contributed by atoms with van der Waals surface area (Å²) in [5, 5.41) is 14.6. The van der Waals surface area contributed by atoms with Gasteiger partial charge in [-0.15, -0.1) is 10.2 Å². The van der Waals surface area contributed by atoms with E-state index in [4.69, 9.17) is 9.47 Å². The maximum absolute atomic E-state index is 13.4. The van der Waals surface area contributed by atoms with Crippen molar-refractivity contribution >= 4 is 33.1 Å². The Balaban J connectivity index is 1.37. The molecule has 2 amide bonds. The Morgan fingerprint density at radius 2 is 1.73 bits per heavy atom. The SMILES string of the molecule is COc1c(NC(=O)NC2CCC(Oc3ccc4nnc(C(C)C)n4c3)c3ccccc32)cc(C(C)(C)C)cc1NS(C)(=O)=O. The number of carbonyl (C=O) groups excluding carboxylic acids is 1. The lowest BCUT2D eigenvalue weighted by Gasteiger charge is -2.32. The molecule has 0 saturated carbocycles. The van der Waals surface area contributed by atoms with Gasteiger partial charge in [0.15, 0.2) is 11.4 Å². The Hall–Kier alpha value is -4.32. The van der Waals surface area contributed by atoms with Crippen LogP contribution < -0.4 is 24.8 Å². The minimum atomic E-state index is -3.59. The Morgan fingerprint density at radius 1 is 1.02 bits per heavy atom. The molecule has 2 heterocycles. The number of benzene rings is 2. The van der Waals surface area contributed by atoms with Crippen molar-refractivity contribution in [2.75, 3.05) is 23.4 Å². The molecule has 2 unspecified atom stereocenters. The number of anilines is 2. The average molecular weight is 621 g/mol. The van der Waals surface area contributed by atoms with E-state index in [0.29, 0.717) is 24.3 Å². The van der Waals surface area contributed by atoms with Crippen LogP contribution in [0.1, 0.15) is 88.0 Å². The summed E-state index contributed by atoms with van der Waals surface area (Å²) in [7, 11) is -2.16. The second-order valence-corrected chi connectivity index (χ2v) is 14.2. The fourth-order valence-electron chi connectivity index (χ4n) is 5.51. The minimum Gasteiger partial charge on any atom is -0.492 e. The molecule has 3 N–H and O–H groups in total. The smallest absolute Gasteiger partial charge is 0.319 e. The summed E-state index contributed by atoms with van der Waals surface area (Å²) in [4.78, 5) is 13.4. The van der Waals surface area contributed by atoms with E-state index in [2.05, 4.69) is 39.4 Å². The van der Waals surface area contributed by atoms with E-state index in [1.165, 1.54) is 7.11 Å². The number of amides is 2. The summed E-state index contributed by atoms with van der Waals surface area (Å²) in [5.74, 6) is 2.02. The van der Waals surface area contributed by atoms with Crippen molar-refractivity contribution in [2.24, 2.45) is 0 Å². The molecule has 2 atom stereocenters. The third-order valence-corrected chi connectivity index (χ3v) is 8.23. The molecule has 2 aromatic carbocycles. The maximum Gasteiger partial charge on any atom is 0.319 e. The average Bonchev–Trinajstić information content (AvgIpc) is 3.36. The molecule has 0 aliphatic heterocycles. The Morgan fingerprint density at radius 3 is 2.39 bits per heavy atom. The number of hydrogen-bond donors (Lipinski definition) is 3. The first-order chi connectivity index (χ1) is 20.7. The Bertz CT molecular complexity index is 1790. The molecule has 0 radical (unpaired) electrons. The summed E-state index contributed by atoms with van der Waals surface area (Å²) in [5.41, 5.74) is 3.87. The number of nitrogens with zero attached hydrogens (tertiary/aromatic N) is 3. The number of hydrogen-bond acceptors (Lipinski definition) is 7. The van der Waals surface area contributed by atoms with Gasteiger partial charge < -0.3 is 20.1 Å². The van der Waals surface area contributed by atoms with Crippen LogP contribution in [0.4, 0.5) is 16.2 Å². The number of aromatic nitrogens is 3. The summed E-state index contributed by atoms with van der Waals surface area (Å²) in [6.45, 7) is 10.2. The van der Waals surface area contributed by atoms with Crippen molar-refractivity contribution in [1.82, 2.24) is 19.9 Å². The summed E-state index contributed by atoms with van der Waals surface area (Å²) in [6, 6.07) is 14.6. The molecule has 0 saturated heterocycles. The van der Waals surface area contributed by atoms with Crippen LogP contribution in [0.25, 0.3) is 5.65 Å². The number of carbonyl (C=O) groups is 1. The van der Waals surface area contributed by atoms with Crippen molar-refractivity contribution in [2.45, 2.75) is 70.9 Å². The first-order valence-corrected chi connectivity index (χ1v) is 16.5. The van der Waals surface area contributed by atoms with Gasteiger partial charge in [0.2, 0.25) is 10.0 Å². The Kier molecular flexibility index (Phi) is 8.48. The second-order valence-electron chi connectivity index (χ2n) is 12.5. The zero-order chi connectivity index (χ0) is 31.8.